The minimum atomic E-state index is -0.0313. The molecule has 0 saturated carbocycles. The van der Waals surface area contributed by atoms with Crippen LogP contribution in [0.5, 0.6) is 0 Å². The maximum Gasteiger partial charge on any atom is 0.230 e. The van der Waals surface area contributed by atoms with Crippen LogP contribution >= 0.6 is 23.1 Å². The first-order valence-corrected chi connectivity index (χ1v) is 10.2. The molecular weight excluding hydrogens is 366 g/mol. The normalized spacial score (nSPS) is 12.0. The lowest BCUT2D eigenvalue weighted by molar-refractivity contribution is -0.119. The van der Waals surface area contributed by atoms with Crippen LogP contribution in [0.3, 0.4) is 0 Å². The lowest BCUT2D eigenvalue weighted by atomic mass is 10.1. The third-order valence-corrected chi connectivity index (χ3v) is 5.66. The fourth-order valence-electron chi connectivity index (χ4n) is 2.50. The maximum absolute atomic E-state index is 12.2. The second kappa shape index (κ2) is 8.86. The number of nitrogens with zero attached hydrogens (tertiary/aromatic N) is 3. The lowest BCUT2D eigenvalue weighted by Gasteiger charge is -2.13. The Morgan fingerprint density at radius 1 is 1.27 bits per heavy atom. The van der Waals surface area contributed by atoms with E-state index < -0.39 is 0 Å². The van der Waals surface area contributed by atoms with Crippen LogP contribution in [0.2, 0.25) is 0 Å². The molecule has 0 saturated heterocycles. The van der Waals surface area contributed by atoms with E-state index in [1.54, 1.807) is 11.3 Å². The molecule has 1 amide bonds. The van der Waals surface area contributed by atoms with E-state index in [1.165, 1.54) is 22.0 Å². The van der Waals surface area contributed by atoms with E-state index in [2.05, 4.69) is 27.6 Å². The van der Waals surface area contributed by atoms with Gasteiger partial charge in [-0.3, -0.25) is 4.79 Å². The quantitative estimate of drug-likeness (QED) is 0.458. The molecule has 0 spiro atoms. The van der Waals surface area contributed by atoms with E-state index in [1.807, 2.05) is 42.6 Å². The van der Waals surface area contributed by atoms with Crippen molar-refractivity contribution in [2.75, 3.05) is 11.6 Å². The SMILES string of the molecule is C[C@H](CCc1ccccc1)NC(=O)CSc1nnc(-c2cccs2)n1N. The summed E-state index contributed by atoms with van der Waals surface area (Å²) in [6.07, 6.45) is 1.84. The zero-order valence-electron chi connectivity index (χ0n) is 14.5. The molecule has 26 heavy (non-hydrogen) atoms. The summed E-state index contributed by atoms with van der Waals surface area (Å²) in [5, 5.41) is 13.7. The molecule has 3 rings (SSSR count). The minimum absolute atomic E-state index is 0.0313. The average Bonchev–Trinajstić information content (AvgIpc) is 3.29. The molecule has 0 aliphatic heterocycles. The summed E-state index contributed by atoms with van der Waals surface area (Å²) < 4.78 is 1.43. The number of hydrogen-bond acceptors (Lipinski definition) is 6. The third kappa shape index (κ3) is 4.86. The van der Waals surface area contributed by atoms with Gasteiger partial charge >= 0.3 is 0 Å². The molecule has 2 heterocycles. The Morgan fingerprint density at radius 2 is 2.08 bits per heavy atom. The van der Waals surface area contributed by atoms with Crippen LogP contribution in [0.25, 0.3) is 10.7 Å². The van der Waals surface area contributed by atoms with Crippen molar-refractivity contribution in [3.63, 3.8) is 0 Å². The Bertz CT molecular complexity index is 833. The van der Waals surface area contributed by atoms with E-state index in [9.17, 15) is 4.79 Å². The Balaban J connectivity index is 1.45. The number of thiophene rings is 1. The van der Waals surface area contributed by atoms with Crippen LogP contribution in [-0.2, 0) is 11.2 Å². The Labute approximate surface area is 160 Å². The number of carbonyl (C=O) groups is 1. The van der Waals surface area contributed by atoms with Crippen LogP contribution in [-0.4, -0.2) is 32.6 Å². The smallest absolute Gasteiger partial charge is 0.230 e. The van der Waals surface area contributed by atoms with Gasteiger partial charge in [0.1, 0.15) is 0 Å². The topological polar surface area (TPSA) is 85.8 Å². The summed E-state index contributed by atoms with van der Waals surface area (Å²) in [5.74, 6) is 6.88. The highest BCUT2D eigenvalue weighted by atomic mass is 32.2. The predicted molar refractivity (Wildman–Crippen MR) is 107 cm³/mol. The second-order valence-electron chi connectivity index (χ2n) is 5.93. The molecular formula is C18H21N5OS2. The zero-order chi connectivity index (χ0) is 18.4. The van der Waals surface area contributed by atoms with Crippen molar-refractivity contribution in [1.82, 2.24) is 20.2 Å². The van der Waals surface area contributed by atoms with Gasteiger partial charge in [-0.2, -0.15) is 0 Å². The van der Waals surface area contributed by atoms with Crippen LogP contribution < -0.4 is 11.2 Å². The molecule has 0 radical (unpaired) electrons. The standard InChI is InChI=1S/C18H21N5OS2/c1-13(9-10-14-6-3-2-4-7-14)20-16(24)12-26-18-22-21-17(23(18)19)15-8-5-11-25-15/h2-8,11,13H,9-10,12,19H2,1H3,(H,20,24)/t13-/m1/s1. The van der Waals surface area contributed by atoms with E-state index in [0.29, 0.717) is 11.0 Å². The molecule has 0 bridgehead atoms. The average molecular weight is 388 g/mol. The molecule has 8 heteroatoms. The van der Waals surface area contributed by atoms with Crippen LogP contribution in [0.1, 0.15) is 18.9 Å². The summed E-state index contributed by atoms with van der Waals surface area (Å²) in [4.78, 5) is 13.1. The van der Waals surface area contributed by atoms with Gasteiger partial charge in [0, 0.05) is 6.04 Å². The fraction of sp³-hybridized carbons (Fsp3) is 0.278. The molecule has 0 aliphatic rings. The maximum atomic E-state index is 12.2. The van der Waals surface area contributed by atoms with Crippen molar-refractivity contribution in [2.24, 2.45) is 0 Å². The Hall–Kier alpha value is -2.32. The lowest BCUT2D eigenvalue weighted by Crippen LogP contribution is -2.34. The van der Waals surface area contributed by atoms with Gasteiger partial charge in [0.2, 0.25) is 11.1 Å². The van der Waals surface area contributed by atoms with Crippen molar-refractivity contribution in [3.05, 3.63) is 53.4 Å². The minimum Gasteiger partial charge on any atom is -0.353 e. The summed E-state index contributed by atoms with van der Waals surface area (Å²) in [7, 11) is 0. The number of carbonyl (C=O) groups excluding carboxylic acids is 1. The number of thioether (sulfide) groups is 1. The van der Waals surface area contributed by atoms with E-state index in [0.717, 1.165) is 17.7 Å². The molecule has 136 valence electrons. The van der Waals surface area contributed by atoms with Crippen molar-refractivity contribution in [3.8, 4) is 10.7 Å². The van der Waals surface area contributed by atoms with Gasteiger partial charge in [-0.15, -0.1) is 21.5 Å². The molecule has 0 unspecified atom stereocenters. The highest BCUT2D eigenvalue weighted by Gasteiger charge is 2.15. The van der Waals surface area contributed by atoms with E-state index >= 15 is 0 Å². The van der Waals surface area contributed by atoms with Gasteiger partial charge in [-0.05, 0) is 36.8 Å². The number of amides is 1. The van der Waals surface area contributed by atoms with Crippen molar-refractivity contribution in [2.45, 2.75) is 31.0 Å². The zero-order valence-corrected chi connectivity index (χ0v) is 16.1. The first-order chi connectivity index (χ1) is 12.6. The number of nitrogen functional groups attached to an aromatic ring is 1. The molecule has 0 aliphatic carbocycles. The number of hydrogen-bond donors (Lipinski definition) is 2. The summed E-state index contributed by atoms with van der Waals surface area (Å²) in [5.41, 5.74) is 1.28. The highest BCUT2D eigenvalue weighted by Crippen LogP contribution is 2.24. The second-order valence-corrected chi connectivity index (χ2v) is 7.83. The molecule has 2 aromatic heterocycles. The number of nitrogens with one attached hydrogen (secondary N) is 1. The van der Waals surface area contributed by atoms with Crippen molar-refractivity contribution < 1.29 is 4.79 Å². The van der Waals surface area contributed by atoms with Gasteiger partial charge in [-0.1, -0.05) is 48.2 Å². The van der Waals surface area contributed by atoms with Crippen molar-refractivity contribution >= 4 is 29.0 Å². The number of aryl methyl sites for hydroxylation is 1. The first kappa shape index (κ1) is 18.5. The number of benzene rings is 1. The Kier molecular flexibility index (Phi) is 6.30. The largest absolute Gasteiger partial charge is 0.353 e. The van der Waals surface area contributed by atoms with E-state index in [-0.39, 0.29) is 17.7 Å². The number of rotatable bonds is 8. The highest BCUT2D eigenvalue weighted by molar-refractivity contribution is 7.99. The predicted octanol–water partition coefficient (Wildman–Crippen LogP) is 2.95. The van der Waals surface area contributed by atoms with Gasteiger partial charge in [0.05, 0.1) is 10.6 Å². The molecule has 3 aromatic rings. The Morgan fingerprint density at radius 3 is 2.81 bits per heavy atom. The molecule has 0 fully saturated rings. The van der Waals surface area contributed by atoms with Crippen LogP contribution in [0.4, 0.5) is 0 Å². The van der Waals surface area contributed by atoms with Gasteiger partial charge in [0.25, 0.3) is 0 Å². The number of aromatic nitrogens is 3. The first-order valence-electron chi connectivity index (χ1n) is 8.34. The molecule has 1 aromatic carbocycles. The summed E-state index contributed by atoms with van der Waals surface area (Å²) in [6, 6.07) is 14.3. The summed E-state index contributed by atoms with van der Waals surface area (Å²) in [6.45, 7) is 2.02. The van der Waals surface area contributed by atoms with E-state index in [4.69, 9.17) is 5.84 Å². The number of nitrogens with two attached hydrogens (primary N) is 1. The third-order valence-electron chi connectivity index (χ3n) is 3.85. The monoisotopic (exact) mass is 387 g/mol. The molecule has 3 N–H and O–H groups in total. The fourth-order valence-corrected chi connectivity index (χ4v) is 3.87. The van der Waals surface area contributed by atoms with Crippen LogP contribution in [0, 0.1) is 0 Å². The van der Waals surface area contributed by atoms with Crippen molar-refractivity contribution in [1.29, 1.82) is 0 Å². The summed E-state index contributed by atoms with van der Waals surface area (Å²) >= 11 is 2.83. The molecule has 6 nitrogen and oxygen atoms in total. The van der Waals surface area contributed by atoms with Gasteiger partial charge < -0.3 is 11.2 Å². The molecule has 1 atom stereocenters. The van der Waals surface area contributed by atoms with Gasteiger partial charge in [-0.25, -0.2) is 4.68 Å². The van der Waals surface area contributed by atoms with Gasteiger partial charge in [0.15, 0.2) is 5.82 Å². The van der Waals surface area contributed by atoms with Crippen LogP contribution in [0.15, 0.2) is 53.0 Å².